The normalized spacial score (nSPS) is 17.7. The molecule has 1 N–H and O–H groups in total. The van der Waals surface area contributed by atoms with Crippen molar-refractivity contribution in [3.8, 4) is 0 Å². The third-order valence-electron chi connectivity index (χ3n) is 3.75. The minimum Gasteiger partial charge on any atom is -0.317 e. The first kappa shape index (κ1) is 17.4. The summed E-state index contributed by atoms with van der Waals surface area (Å²) in [5.41, 5.74) is 1.18. The van der Waals surface area contributed by atoms with E-state index in [-0.39, 0.29) is 12.4 Å². The van der Waals surface area contributed by atoms with Crippen LogP contribution in [0, 0.1) is 0 Å². The second-order valence-corrected chi connectivity index (χ2v) is 7.27. The number of sulfone groups is 1. The maximum Gasteiger partial charge on any atom is 0.175 e. The van der Waals surface area contributed by atoms with Gasteiger partial charge in [0.2, 0.25) is 0 Å². The number of hydrogen-bond acceptors (Lipinski definition) is 4. The van der Waals surface area contributed by atoms with Gasteiger partial charge in [-0.05, 0) is 50.7 Å². The highest BCUT2D eigenvalue weighted by molar-refractivity contribution is 7.90. The summed E-state index contributed by atoms with van der Waals surface area (Å²) in [5.74, 6) is 0. The van der Waals surface area contributed by atoms with Gasteiger partial charge in [-0.25, -0.2) is 8.42 Å². The third kappa shape index (κ3) is 4.74. The van der Waals surface area contributed by atoms with E-state index in [1.165, 1.54) is 24.7 Å². The molecule has 0 unspecified atom stereocenters. The highest BCUT2D eigenvalue weighted by atomic mass is 35.5. The van der Waals surface area contributed by atoms with Crippen LogP contribution in [0.2, 0.25) is 0 Å². The Morgan fingerprint density at radius 2 is 1.75 bits per heavy atom. The number of rotatable bonds is 4. The molecule has 2 rings (SSSR count). The summed E-state index contributed by atoms with van der Waals surface area (Å²) in [6, 6.07) is 7.88. The fourth-order valence-electron chi connectivity index (χ4n) is 2.48. The molecule has 0 atom stereocenters. The number of nitrogens with zero attached hydrogens (tertiary/aromatic N) is 1. The lowest BCUT2D eigenvalue weighted by atomic mass is 10.0. The molecule has 1 aliphatic rings. The summed E-state index contributed by atoms with van der Waals surface area (Å²) in [5, 5.41) is 3.32. The monoisotopic (exact) mass is 318 g/mol. The van der Waals surface area contributed by atoms with Crippen molar-refractivity contribution >= 4 is 22.2 Å². The molecule has 0 aliphatic carbocycles. The molecule has 0 radical (unpaired) electrons. The minimum atomic E-state index is -3.09. The lowest BCUT2D eigenvalue weighted by Gasteiger charge is -2.31. The van der Waals surface area contributed by atoms with Gasteiger partial charge in [0.25, 0.3) is 0 Å². The number of nitrogens with one attached hydrogen (secondary N) is 1. The molecule has 0 bridgehead atoms. The van der Waals surface area contributed by atoms with E-state index in [9.17, 15) is 8.42 Å². The van der Waals surface area contributed by atoms with Crippen LogP contribution in [0.25, 0.3) is 0 Å². The highest BCUT2D eigenvalue weighted by Crippen LogP contribution is 2.15. The quantitative estimate of drug-likeness (QED) is 0.918. The van der Waals surface area contributed by atoms with Crippen molar-refractivity contribution in [3.05, 3.63) is 29.8 Å². The molecule has 1 heterocycles. The first-order valence-electron chi connectivity index (χ1n) is 6.67. The van der Waals surface area contributed by atoms with Gasteiger partial charge in [-0.1, -0.05) is 12.1 Å². The van der Waals surface area contributed by atoms with Crippen LogP contribution in [0.1, 0.15) is 18.4 Å². The molecule has 1 fully saturated rings. The van der Waals surface area contributed by atoms with E-state index in [1.807, 2.05) is 19.2 Å². The second kappa shape index (κ2) is 7.41. The molecule has 0 amide bonds. The van der Waals surface area contributed by atoms with Gasteiger partial charge in [0, 0.05) is 18.8 Å². The zero-order chi connectivity index (χ0) is 13.9. The molecule has 1 aromatic carbocycles. The predicted molar refractivity (Wildman–Crippen MR) is 84.2 cm³/mol. The number of halogens is 1. The average molecular weight is 319 g/mol. The van der Waals surface area contributed by atoms with Crippen LogP contribution >= 0.6 is 12.4 Å². The Kier molecular flexibility index (Phi) is 6.45. The third-order valence-corrected chi connectivity index (χ3v) is 4.88. The van der Waals surface area contributed by atoms with Crippen LogP contribution in [0.5, 0.6) is 0 Å². The summed E-state index contributed by atoms with van der Waals surface area (Å²) in [7, 11) is -1.07. The Hall–Kier alpha value is -0.620. The maximum atomic E-state index is 11.4. The predicted octanol–water partition coefficient (Wildman–Crippen LogP) is 1.70. The van der Waals surface area contributed by atoms with Crippen molar-refractivity contribution in [2.75, 3.05) is 26.4 Å². The van der Waals surface area contributed by atoms with E-state index in [0.717, 1.165) is 19.6 Å². The van der Waals surface area contributed by atoms with Gasteiger partial charge in [-0.2, -0.15) is 0 Å². The fourth-order valence-corrected chi connectivity index (χ4v) is 3.11. The minimum absolute atomic E-state index is 0. The number of likely N-dealkylation sites (tertiary alicyclic amines) is 1. The molecule has 1 aliphatic heterocycles. The zero-order valence-corrected chi connectivity index (χ0v) is 13.6. The first-order valence-corrected chi connectivity index (χ1v) is 8.57. The number of hydrogen-bond donors (Lipinski definition) is 1. The average Bonchev–Trinajstić information content (AvgIpc) is 2.39. The molecule has 1 saturated heterocycles. The Labute approximate surface area is 127 Å². The standard InChI is InChI=1S/C14H22N2O2S.ClH/c1-15-13-7-9-16(10-8-13)11-12-3-5-14(6-4-12)19(2,17)18;/h3-6,13,15H,7-11H2,1-2H3;1H. The van der Waals surface area contributed by atoms with Crippen LogP contribution < -0.4 is 5.32 Å². The van der Waals surface area contributed by atoms with Gasteiger partial charge in [0.05, 0.1) is 4.90 Å². The van der Waals surface area contributed by atoms with E-state index >= 15 is 0 Å². The van der Waals surface area contributed by atoms with Gasteiger partial charge < -0.3 is 5.32 Å². The molecule has 0 saturated carbocycles. The second-order valence-electron chi connectivity index (χ2n) is 5.26. The van der Waals surface area contributed by atoms with Gasteiger partial charge >= 0.3 is 0 Å². The molecule has 114 valence electrons. The van der Waals surface area contributed by atoms with E-state index in [1.54, 1.807) is 12.1 Å². The van der Waals surface area contributed by atoms with Gasteiger partial charge in [0.15, 0.2) is 9.84 Å². The summed E-state index contributed by atoms with van der Waals surface area (Å²) in [4.78, 5) is 2.81. The lowest BCUT2D eigenvalue weighted by molar-refractivity contribution is 0.194. The van der Waals surface area contributed by atoms with Crippen LogP contribution in [0.15, 0.2) is 29.2 Å². The molecule has 6 heteroatoms. The molecule has 20 heavy (non-hydrogen) atoms. The number of piperidine rings is 1. The van der Waals surface area contributed by atoms with Crippen molar-refractivity contribution in [3.63, 3.8) is 0 Å². The zero-order valence-electron chi connectivity index (χ0n) is 12.0. The molecule has 0 aromatic heterocycles. The highest BCUT2D eigenvalue weighted by Gasteiger charge is 2.17. The van der Waals surface area contributed by atoms with Gasteiger partial charge in [-0.3, -0.25) is 4.90 Å². The summed E-state index contributed by atoms with van der Waals surface area (Å²) in [6.07, 6.45) is 3.60. The van der Waals surface area contributed by atoms with Gasteiger partial charge in [0.1, 0.15) is 0 Å². The van der Waals surface area contributed by atoms with E-state index in [2.05, 4.69) is 10.2 Å². The van der Waals surface area contributed by atoms with Crippen molar-refractivity contribution in [2.45, 2.75) is 30.3 Å². The van der Waals surface area contributed by atoms with E-state index < -0.39 is 9.84 Å². The molecular weight excluding hydrogens is 296 g/mol. The van der Waals surface area contributed by atoms with Crippen LogP contribution in [0.3, 0.4) is 0 Å². The Bertz CT molecular complexity index is 508. The topological polar surface area (TPSA) is 49.4 Å². The first-order chi connectivity index (χ1) is 8.99. The van der Waals surface area contributed by atoms with Gasteiger partial charge in [-0.15, -0.1) is 12.4 Å². The molecular formula is C14H23ClN2O2S. The van der Waals surface area contributed by atoms with Crippen molar-refractivity contribution < 1.29 is 8.42 Å². The van der Waals surface area contributed by atoms with Crippen molar-refractivity contribution in [1.29, 1.82) is 0 Å². The Morgan fingerprint density at radius 1 is 1.20 bits per heavy atom. The Morgan fingerprint density at radius 3 is 2.20 bits per heavy atom. The summed E-state index contributed by atoms with van der Waals surface area (Å²) < 4.78 is 22.8. The summed E-state index contributed by atoms with van der Waals surface area (Å²) in [6.45, 7) is 3.10. The maximum absolute atomic E-state index is 11.4. The summed E-state index contributed by atoms with van der Waals surface area (Å²) >= 11 is 0. The van der Waals surface area contributed by atoms with Crippen molar-refractivity contribution in [1.82, 2.24) is 10.2 Å². The van der Waals surface area contributed by atoms with Crippen LogP contribution in [-0.4, -0.2) is 45.8 Å². The molecule has 1 aromatic rings. The lowest BCUT2D eigenvalue weighted by Crippen LogP contribution is -2.40. The largest absolute Gasteiger partial charge is 0.317 e. The smallest absolute Gasteiger partial charge is 0.175 e. The molecule has 4 nitrogen and oxygen atoms in total. The Balaban J connectivity index is 0.00000200. The van der Waals surface area contributed by atoms with E-state index in [4.69, 9.17) is 0 Å². The van der Waals surface area contributed by atoms with Crippen LogP contribution in [0.4, 0.5) is 0 Å². The molecule has 0 spiro atoms. The van der Waals surface area contributed by atoms with Crippen LogP contribution in [-0.2, 0) is 16.4 Å². The SMILES string of the molecule is CNC1CCN(Cc2ccc(S(C)(=O)=O)cc2)CC1.Cl. The van der Waals surface area contributed by atoms with Crippen molar-refractivity contribution in [2.24, 2.45) is 0 Å². The fraction of sp³-hybridized carbons (Fsp3) is 0.571. The van der Waals surface area contributed by atoms with E-state index in [0.29, 0.717) is 10.9 Å². The number of benzene rings is 1.